The maximum Gasteiger partial charge on any atom is 0.123 e. The minimum Gasteiger partial charge on any atom is -0.303 e. The van der Waals surface area contributed by atoms with Gasteiger partial charge in [0.15, 0.2) is 0 Å². The van der Waals surface area contributed by atoms with Gasteiger partial charge in [-0.3, -0.25) is 0 Å². The molecule has 0 radical (unpaired) electrons. The van der Waals surface area contributed by atoms with Crippen molar-refractivity contribution < 1.29 is 19.2 Å². The van der Waals surface area contributed by atoms with E-state index < -0.39 is 0 Å². The first-order valence-corrected chi connectivity index (χ1v) is 15.2. The molecule has 0 aromatic rings. The van der Waals surface area contributed by atoms with Crippen LogP contribution in [-0.4, -0.2) is 25.1 Å². The summed E-state index contributed by atoms with van der Waals surface area (Å²) in [6.07, 6.45) is 22.2. The van der Waals surface area contributed by atoms with Crippen LogP contribution in [0.15, 0.2) is 0 Å². The van der Waals surface area contributed by atoms with Crippen LogP contribution in [0.5, 0.6) is 0 Å². The molecule has 0 spiro atoms. The molecule has 0 heterocycles. The van der Waals surface area contributed by atoms with E-state index in [1.165, 1.54) is 51.4 Å². The molecule has 0 fully saturated rings. The molecule has 0 saturated carbocycles. The summed E-state index contributed by atoms with van der Waals surface area (Å²) in [6, 6.07) is 0. The Hall–Kier alpha value is -0.740. The Morgan fingerprint density at radius 2 is 0.526 bits per heavy atom. The minimum absolute atomic E-state index is 0. The molecule has 0 aliphatic heterocycles. The molecule has 6 heteroatoms. The van der Waals surface area contributed by atoms with Gasteiger partial charge in [-0.15, -0.1) is 24.8 Å². The van der Waals surface area contributed by atoms with Crippen LogP contribution in [0.2, 0.25) is 0 Å². The number of carbonyl (C=O) groups is 4. The Bertz CT molecular complexity index is 367. The third-order valence-electron chi connectivity index (χ3n) is 6.58. The molecule has 4 nitrogen and oxygen atoms in total. The first-order chi connectivity index (χ1) is 17.4. The second-order valence-corrected chi connectivity index (χ2v) is 9.79. The van der Waals surface area contributed by atoms with Crippen molar-refractivity contribution in [2.45, 2.75) is 158 Å². The maximum atomic E-state index is 10.2. The van der Waals surface area contributed by atoms with Gasteiger partial charge >= 0.3 is 0 Å². The molecule has 0 aliphatic carbocycles. The Labute approximate surface area is 250 Å². The third kappa shape index (κ3) is 42.4. The summed E-state index contributed by atoms with van der Waals surface area (Å²) in [4.78, 5) is 41.0. The van der Waals surface area contributed by atoms with Crippen molar-refractivity contribution in [1.82, 2.24) is 0 Å². The Kier molecular flexibility index (Phi) is 60.9. The molecule has 0 aromatic carbocycles. The van der Waals surface area contributed by atoms with Crippen molar-refractivity contribution >= 4 is 50.0 Å². The van der Waals surface area contributed by atoms with Crippen molar-refractivity contribution in [2.24, 2.45) is 23.7 Å². The lowest BCUT2D eigenvalue weighted by Gasteiger charge is -2.03. The van der Waals surface area contributed by atoms with Crippen LogP contribution >= 0.6 is 24.8 Å². The van der Waals surface area contributed by atoms with E-state index in [0.29, 0.717) is 23.7 Å². The summed E-state index contributed by atoms with van der Waals surface area (Å²) in [5, 5.41) is 0. The molecular weight excluding hydrogens is 519 g/mol. The van der Waals surface area contributed by atoms with Crippen LogP contribution in [-0.2, 0) is 19.2 Å². The summed E-state index contributed by atoms with van der Waals surface area (Å²) in [6.45, 7) is 16.9. The van der Waals surface area contributed by atoms with Crippen molar-refractivity contribution in [2.75, 3.05) is 0 Å². The molecule has 0 bridgehead atoms. The highest BCUT2D eigenvalue weighted by Gasteiger charge is 2.03. The monoisotopic (exact) mass is 584 g/mol. The van der Waals surface area contributed by atoms with E-state index in [1.807, 2.05) is 0 Å². The summed E-state index contributed by atoms with van der Waals surface area (Å²) in [7, 11) is 0. The predicted molar refractivity (Wildman–Crippen MR) is 172 cm³/mol. The standard InChI is InChI=1S/4C8H16O.2ClH/c4*1-3-5-6-8(4-2)7-9;;/h4*7-8H,3-6H2,1-2H3;2*1H. The molecule has 0 amide bonds. The molecule has 0 rings (SSSR count). The van der Waals surface area contributed by atoms with Crippen molar-refractivity contribution in [3.05, 3.63) is 0 Å². The third-order valence-corrected chi connectivity index (χ3v) is 6.58. The number of hydrogen-bond acceptors (Lipinski definition) is 4. The number of hydrogen-bond donors (Lipinski definition) is 0. The largest absolute Gasteiger partial charge is 0.303 e. The van der Waals surface area contributed by atoms with Gasteiger partial charge in [0.25, 0.3) is 0 Å². The van der Waals surface area contributed by atoms with E-state index in [1.54, 1.807) is 0 Å². The maximum absolute atomic E-state index is 10.2. The quantitative estimate of drug-likeness (QED) is 0.133. The van der Waals surface area contributed by atoms with E-state index in [4.69, 9.17) is 0 Å². The van der Waals surface area contributed by atoms with E-state index in [0.717, 1.165) is 76.5 Å². The molecule has 0 aliphatic rings. The SMILES string of the molecule is CCCCC(C=O)CC.CCCCC(C=O)CC.CCCCC(C=O)CC.CCCCC(C=O)CC.Cl.Cl. The van der Waals surface area contributed by atoms with Crippen LogP contribution in [0.1, 0.15) is 158 Å². The summed E-state index contributed by atoms with van der Waals surface area (Å²) in [5.74, 6) is 1.30. The molecule has 0 N–H and O–H groups in total. The van der Waals surface area contributed by atoms with Crippen LogP contribution < -0.4 is 0 Å². The van der Waals surface area contributed by atoms with Crippen LogP contribution in [0, 0.1) is 23.7 Å². The normalized spacial score (nSPS) is 12.4. The van der Waals surface area contributed by atoms with Gasteiger partial charge in [0.2, 0.25) is 0 Å². The van der Waals surface area contributed by atoms with Gasteiger partial charge < -0.3 is 19.2 Å². The highest BCUT2D eigenvalue weighted by Crippen LogP contribution is 2.10. The first kappa shape index (κ1) is 50.1. The smallest absolute Gasteiger partial charge is 0.123 e. The number of halogens is 2. The van der Waals surface area contributed by atoms with Crippen LogP contribution in [0.3, 0.4) is 0 Å². The lowest BCUT2D eigenvalue weighted by molar-refractivity contribution is -0.112. The van der Waals surface area contributed by atoms with E-state index >= 15 is 0 Å². The highest BCUT2D eigenvalue weighted by molar-refractivity contribution is 5.85. The molecule has 4 unspecified atom stereocenters. The number of rotatable bonds is 20. The highest BCUT2D eigenvalue weighted by atomic mass is 35.5. The fourth-order valence-electron chi connectivity index (χ4n) is 3.34. The van der Waals surface area contributed by atoms with Gasteiger partial charge in [-0.25, -0.2) is 0 Å². The van der Waals surface area contributed by atoms with Gasteiger partial charge in [-0.1, -0.05) is 107 Å². The number of unbranched alkanes of at least 4 members (excludes halogenated alkanes) is 4. The lowest BCUT2D eigenvalue weighted by atomic mass is 10.0. The minimum atomic E-state index is 0. The fourth-order valence-corrected chi connectivity index (χ4v) is 3.34. The summed E-state index contributed by atoms with van der Waals surface area (Å²) in [5.41, 5.74) is 0. The van der Waals surface area contributed by atoms with E-state index in [-0.39, 0.29) is 24.8 Å². The average molecular weight is 586 g/mol. The van der Waals surface area contributed by atoms with Gasteiger partial charge in [-0.05, 0) is 51.4 Å². The fraction of sp³-hybridized carbons (Fsp3) is 0.875. The topological polar surface area (TPSA) is 68.3 Å². The van der Waals surface area contributed by atoms with Crippen molar-refractivity contribution in [3.63, 3.8) is 0 Å². The lowest BCUT2D eigenvalue weighted by Crippen LogP contribution is -1.98. The molecule has 232 valence electrons. The molecule has 0 aromatic heterocycles. The zero-order valence-corrected chi connectivity index (χ0v) is 28.0. The van der Waals surface area contributed by atoms with E-state index in [2.05, 4.69) is 55.4 Å². The van der Waals surface area contributed by atoms with Crippen LogP contribution in [0.4, 0.5) is 0 Å². The zero-order valence-electron chi connectivity index (χ0n) is 26.4. The molecule has 4 atom stereocenters. The Morgan fingerprint density at radius 3 is 0.605 bits per heavy atom. The summed E-state index contributed by atoms with van der Waals surface area (Å²) < 4.78 is 0. The second-order valence-electron chi connectivity index (χ2n) is 9.79. The van der Waals surface area contributed by atoms with Crippen molar-refractivity contribution in [3.8, 4) is 0 Å². The summed E-state index contributed by atoms with van der Waals surface area (Å²) >= 11 is 0. The predicted octanol–water partition coefficient (Wildman–Crippen LogP) is 10.5. The zero-order chi connectivity index (χ0) is 28.5. The van der Waals surface area contributed by atoms with Crippen LogP contribution in [0.25, 0.3) is 0 Å². The van der Waals surface area contributed by atoms with Gasteiger partial charge in [0.1, 0.15) is 25.1 Å². The Balaban J connectivity index is -0.0000000883. The van der Waals surface area contributed by atoms with Crippen molar-refractivity contribution in [1.29, 1.82) is 0 Å². The van der Waals surface area contributed by atoms with E-state index in [9.17, 15) is 19.2 Å². The number of carbonyl (C=O) groups excluding carboxylic acids is 4. The van der Waals surface area contributed by atoms with Gasteiger partial charge in [-0.2, -0.15) is 0 Å². The van der Waals surface area contributed by atoms with Gasteiger partial charge in [0, 0.05) is 23.7 Å². The first-order valence-electron chi connectivity index (χ1n) is 15.2. The second kappa shape index (κ2) is 46.1. The number of aldehydes is 4. The Morgan fingerprint density at radius 1 is 0.368 bits per heavy atom. The molecular formula is C32H66Cl2O4. The average Bonchev–Trinajstić information content (AvgIpc) is 2.92. The molecule has 0 saturated heterocycles. The van der Waals surface area contributed by atoms with Gasteiger partial charge in [0.05, 0.1) is 0 Å². The molecule has 38 heavy (non-hydrogen) atoms.